The zero-order valence-electron chi connectivity index (χ0n) is 16.5. The molecule has 0 saturated carbocycles. The zero-order chi connectivity index (χ0) is 22.0. The van der Waals surface area contributed by atoms with Gasteiger partial charge in [0.25, 0.3) is 0 Å². The van der Waals surface area contributed by atoms with Gasteiger partial charge < -0.3 is 11.1 Å². The van der Waals surface area contributed by atoms with E-state index in [0.717, 1.165) is 18.2 Å². The van der Waals surface area contributed by atoms with Crippen molar-refractivity contribution in [2.45, 2.75) is 51.7 Å². The average molecular weight is 435 g/mol. The Kier molecular flexibility index (Phi) is 10.3. The van der Waals surface area contributed by atoms with Crippen molar-refractivity contribution in [2.75, 3.05) is 16.8 Å². The fourth-order valence-corrected chi connectivity index (χ4v) is 3.13. The number of carbonyl (C=O) groups is 3. The Balaban J connectivity index is 2.42. The lowest BCUT2D eigenvalue weighted by Crippen LogP contribution is -2.42. The topological polar surface area (TPSA) is 93.1 Å². The number of anilines is 1. The molecule has 0 radical (unpaired) electrons. The van der Waals surface area contributed by atoms with Gasteiger partial charge in [-0.3, -0.25) is 9.59 Å². The molecule has 1 amide bonds. The molecule has 29 heavy (non-hydrogen) atoms. The van der Waals surface area contributed by atoms with Gasteiger partial charge in [-0.05, 0) is 37.0 Å². The van der Waals surface area contributed by atoms with Gasteiger partial charge in [0, 0.05) is 6.07 Å². The normalized spacial score (nSPS) is 12.7. The predicted molar refractivity (Wildman–Crippen MR) is 106 cm³/mol. The molecule has 10 heteroatoms. The summed E-state index contributed by atoms with van der Waals surface area (Å²) in [5, 5.41) is 2.63. The van der Waals surface area contributed by atoms with Crippen molar-refractivity contribution in [3.8, 4) is 0 Å². The molecule has 1 heterocycles. The largest absolute Gasteiger partial charge is 0.450 e. The van der Waals surface area contributed by atoms with Gasteiger partial charge in [0.1, 0.15) is 5.69 Å². The minimum Gasteiger partial charge on any atom is -0.320 e. The molecule has 1 aromatic heterocycles. The Morgan fingerprint density at radius 1 is 1.24 bits per heavy atom. The number of nitrogens with zero attached hydrogens (tertiary/aromatic N) is 1. The molecule has 0 fully saturated rings. The quantitative estimate of drug-likeness (QED) is 0.413. The van der Waals surface area contributed by atoms with E-state index in [2.05, 4.69) is 5.32 Å². The van der Waals surface area contributed by atoms with Crippen LogP contribution in [0.4, 0.5) is 18.9 Å². The molecule has 0 spiro atoms. The Morgan fingerprint density at radius 2 is 1.93 bits per heavy atom. The van der Waals surface area contributed by atoms with Crippen LogP contribution in [0.1, 0.15) is 44.3 Å². The number of carbonyl (C=O) groups excluding carboxylic acids is 3. The van der Waals surface area contributed by atoms with Crippen LogP contribution in [0.15, 0.2) is 24.5 Å². The van der Waals surface area contributed by atoms with Crippen LogP contribution in [0.2, 0.25) is 0 Å². The lowest BCUT2D eigenvalue weighted by Gasteiger charge is -2.11. The Labute approximate surface area is 172 Å². The Hall–Kier alpha value is -1.94. The molecule has 0 aliphatic heterocycles. The highest BCUT2D eigenvalue weighted by Gasteiger charge is 2.37. The van der Waals surface area contributed by atoms with E-state index in [4.69, 9.17) is 5.73 Å². The summed E-state index contributed by atoms with van der Waals surface area (Å²) in [5.41, 5.74) is 6.24. The fourth-order valence-electron chi connectivity index (χ4n) is 2.26. The molecule has 1 aromatic rings. The Bertz CT molecular complexity index is 711. The summed E-state index contributed by atoms with van der Waals surface area (Å²) in [6.45, 7) is 4.06. The van der Waals surface area contributed by atoms with Gasteiger partial charge in [-0.15, -0.1) is 4.57 Å². The molecule has 1 atom stereocenters. The van der Waals surface area contributed by atoms with Gasteiger partial charge in [-0.2, -0.15) is 24.9 Å². The molecule has 0 aromatic carbocycles. The standard InChI is InChI=1S/C19H26F3N3O3S/c1-13(2)7-8-17(27)25-9-3-5-14(11-25)24-18(28)15(23)6-4-10-29-12-16(26)19(20,21)22/h3,5,9,11,13,15H,4,6-8,10,12,23H2,1-2H3/p+1/t15-/m0/s1. The van der Waals surface area contributed by atoms with Crippen molar-refractivity contribution in [3.05, 3.63) is 24.5 Å². The van der Waals surface area contributed by atoms with Crippen molar-refractivity contribution < 1.29 is 32.1 Å². The van der Waals surface area contributed by atoms with Gasteiger partial charge in [0.05, 0.1) is 18.2 Å². The molecule has 6 nitrogen and oxygen atoms in total. The number of hydrogen-bond donors (Lipinski definition) is 2. The molecular formula is C19H27F3N3O3S+. The number of rotatable bonds is 11. The predicted octanol–water partition coefficient (Wildman–Crippen LogP) is 2.96. The Morgan fingerprint density at radius 3 is 2.55 bits per heavy atom. The van der Waals surface area contributed by atoms with Crippen LogP contribution < -0.4 is 15.6 Å². The summed E-state index contributed by atoms with van der Waals surface area (Å²) < 4.78 is 37.7. The van der Waals surface area contributed by atoms with Gasteiger partial charge in [-0.1, -0.05) is 13.8 Å². The molecule has 3 N–H and O–H groups in total. The van der Waals surface area contributed by atoms with Crippen molar-refractivity contribution in [3.63, 3.8) is 0 Å². The molecule has 1 rings (SSSR count). The van der Waals surface area contributed by atoms with E-state index in [9.17, 15) is 27.6 Å². The van der Waals surface area contributed by atoms with Crippen LogP contribution in [0.5, 0.6) is 0 Å². The molecule has 0 bridgehead atoms. The van der Waals surface area contributed by atoms with Crippen LogP contribution >= 0.6 is 11.8 Å². The highest BCUT2D eigenvalue weighted by molar-refractivity contribution is 7.99. The van der Waals surface area contributed by atoms with Gasteiger partial charge in [0.15, 0.2) is 6.20 Å². The second kappa shape index (κ2) is 11.9. The minimum absolute atomic E-state index is 0.0791. The number of pyridine rings is 1. The third-order valence-electron chi connectivity index (χ3n) is 3.98. The first-order valence-corrected chi connectivity index (χ1v) is 10.4. The number of nitrogens with one attached hydrogen (secondary N) is 1. The molecule has 0 saturated heterocycles. The first kappa shape index (κ1) is 25.1. The van der Waals surface area contributed by atoms with Crippen LogP contribution in [0.25, 0.3) is 0 Å². The maximum Gasteiger partial charge on any atom is 0.450 e. The number of halogens is 3. The van der Waals surface area contributed by atoms with Crippen LogP contribution in [0, 0.1) is 5.92 Å². The van der Waals surface area contributed by atoms with E-state index in [1.807, 2.05) is 13.8 Å². The SMILES string of the molecule is CC(C)CCC(=O)[n+]1cccc(NC(=O)[C@@H](N)CCCSCC(=O)C(F)(F)F)c1. The van der Waals surface area contributed by atoms with E-state index in [0.29, 0.717) is 30.2 Å². The van der Waals surface area contributed by atoms with E-state index < -0.39 is 29.7 Å². The number of nitrogens with two attached hydrogens (primary N) is 1. The lowest BCUT2D eigenvalue weighted by molar-refractivity contribution is -0.573. The third kappa shape index (κ3) is 9.89. The third-order valence-corrected chi connectivity index (χ3v) is 5.03. The van der Waals surface area contributed by atoms with Gasteiger partial charge >= 0.3 is 12.1 Å². The second-order valence-corrected chi connectivity index (χ2v) is 8.14. The van der Waals surface area contributed by atoms with Gasteiger partial charge in [0.2, 0.25) is 17.9 Å². The van der Waals surface area contributed by atoms with Crippen LogP contribution in [0.3, 0.4) is 0 Å². The summed E-state index contributed by atoms with van der Waals surface area (Å²) in [7, 11) is 0. The van der Waals surface area contributed by atoms with Crippen molar-refractivity contribution in [2.24, 2.45) is 11.7 Å². The molecule has 162 valence electrons. The van der Waals surface area contributed by atoms with Gasteiger partial charge in [-0.25, -0.2) is 4.79 Å². The first-order valence-electron chi connectivity index (χ1n) is 9.29. The van der Waals surface area contributed by atoms with E-state index in [-0.39, 0.29) is 12.3 Å². The van der Waals surface area contributed by atoms with Crippen molar-refractivity contribution in [1.82, 2.24) is 0 Å². The highest BCUT2D eigenvalue weighted by Crippen LogP contribution is 2.19. The smallest absolute Gasteiger partial charge is 0.320 e. The van der Waals surface area contributed by atoms with E-state index in [1.165, 1.54) is 10.8 Å². The number of amides is 1. The minimum atomic E-state index is -4.81. The monoisotopic (exact) mass is 434 g/mol. The number of thioether (sulfide) groups is 1. The summed E-state index contributed by atoms with van der Waals surface area (Å²) in [4.78, 5) is 35.1. The summed E-state index contributed by atoms with van der Waals surface area (Å²) in [5.74, 6) is -2.24. The summed E-state index contributed by atoms with van der Waals surface area (Å²) in [6.07, 6.45) is 0.134. The molecule has 0 unspecified atom stereocenters. The van der Waals surface area contributed by atoms with E-state index >= 15 is 0 Å². The number of alkyl halides is 3. The van der Waals surface area contributed by atoms with E-state index in [1.54, 1.807) is 18.3 Å². The number of ketones is 1. The number of hydrogen-bond acceptors (Lipinski definition) is 5. The van der Waals surface area contributed by atoms with Crippen molar-refractivity contribution in [1.29, 1.82) is 0 Å². The molecule has 0 aliphatic rings. The average Bonchev–Trinajstić information content (AvgIpc) is 2.64. The number of Topliss-reactive ketones (excluding diaryl/α,β-unsaturated/α-hetero) is 1. The summed E-state index contributed by atoms with van der Waals surface area (Å²) >= 11 is 0.860. The van der Waals surface area contributed by atoms with Crippen molar-refractivity contribution >= 4 is 35.0 Å². The van der Waals surface area contributed by atoms with Crippen LogP contribution in [-0.4, -0.2) is 41.3 Å². The molecular weight excluding hydrogens is 407 g/mol. The maximum atomic E-state index is 12.2. The van der Waals surface area contributed by atoms with Crippen LogP contribution in [-0.2, 0) is 9.59 Å². The zero-order valence-corrected chi connectivity index (χ0v) is 17.3. The lowest BCUT2D eigenvalue weighted by atomic mass is 10.1. The highest BCUT2D eigenvalue weighted by atomic mass is 32.2. The second-order valence-electron chi connectivity index (χ2n) is 7.04. The fraction of sp³-hybridized carbons (Fsp3) is 0.579. The summed E-state index contributed by atoms with van der Waals surface area (Å²) in [6, 6.07) is 2.43. The maximum absolute atomic E-state index is 12.2. The molecule has 0 aliphatic carbocycles. The number of aromatic nitrogens is 1. The first-order chi connectivity index (χ1) is 13.5.